The number of esters is 1. The Morgan fingerprint density at radius 3 is 2.50 bits per heavy atom. The van der Waals surface area contributed by atoms with Crippen molar-refractivity contribution in [2.75, 3.05) is 7.11 Å². The van der Waals surface area contributed by atoms with Crippen LogP contribution in [-0.2, 0) is 20.9 Å². The highest BCUT2D eigenvalue weighted by Gasteiger charge is 2.45. The van der Waals surface area contributed by atoms with Gasteiger partial charge in [0, 0.05) is 0 Å². The molecule has 2 N–H and O–H groups in total. The van der Waals surface area contributed by atoms with Gasteiger partial charge in [-0.15, -0.1) is 0 Å². The molecule has 2 aromatic rings. The van der Waals surface area contributed by atoms with Crippen molar-refractivity contribution in [3.05, 3.63) is 65.7 Å². The molecule has 0 bridgehead atoms. The molecule has 136 valence electrons. The number of hydrogen-bond acceptors (Lipinski definition) is 6. The fourth-order valence-corrected chi connectivity index (χ4v) is 2.68. The van der Waals surface area contributed by atoms with E-state index in [9.17, 15) is 14.7 Å². The third kappa shape index (κ3) is 3.94. The summed E-state index contributed by atoms with van der Waals surface area (Å²) in [5, 5.41) is 12.7. The van der Waals surface area contributed by atoms with Crippen molar-refractivity contribution in [1.29, 1.82) is 0 Å². The minimum Gasteiger partial charge on any atom is -0.497 e. The molecule has 26 heavy (non-hydrogen) atoms. The van der Waals surface area contributed by atoms with E-state index < -0.39 is 30.3 Å². The van der Waals surface area contributed by atoms with Crippen LogP contribution in [0.5, 0.6) is 5.75 Å². The molecule has 0 unspecified atom stereocenters. The van der Waals surface area contributed by atoms with Crippen molar-refractivity contribution in [2.45, 2.75) is 24.9 Å². The predicted molar refractivity (Wildman–Crippen MR) is 91.4 cm³/mol. The largest absolute Gasteiger partial charge is 0.497 e. The van der Waals surface area contributed by atoms with Gasteiger partial charge in [-0.05, 0) is 23.3 Å². The van der Waals surface area contributed by atoms with Gasteiger partial charge in [-0.25, -0.2) is 9.59 Å². The molecule has 3 rings (SSSR count). The Labute approximate surface area is 150 Å². The third-order valence-corrected chi connectivity index (χ3v) is 4.08. The molecule has 3 atom stereocenters. The van der Waals surface area contributed by atoms with Gasteiger partial charge in [-0.1, -0.05) is 42.5 Å². The predicted octanol–water partition coefficient (Wildman–Crippen LogP) is 1.95. The third-order valence-electron chi connectivity index (χ3n) is 4.08. The summed E-state index contributed by atoms with van der Waals surface area (Å²) in [4.78, 5) is 23.9. The first-order chi connectivity index (χ1) is 12.6. The minimum absolute atomic E-state index is 0.0619. The van der Waals surface area contributed by atoms with Crippen LogP contribution in [0.3, 0.4) is 0 Å². The van der Waals surface area contributed by atoms with Gasteiger partial charge in [-0.3, -0.25) is 0 Å². The van der Waals surface area contributed by atoms with Crippen molar-refractivity contribution in [3.8, 4) is 5.75 Å². The average Bonchev–Trinajstić information content (AvgIpc) is 2.95. The molecule has 7 nitrogen and oxygen atoms in total. The molecule has 2 aromatic carbocycles. The van der Waals surface area contributed by atoms with Crippen LogP contribution in [0.2, 0.25) is 0 Å². The van der Waals surface area contributed by atoms with E-state index in [1.54, 1.807) is 31.4 Å². The lowest BCUT2D eigenvalue weighted by molar-refractivity contribution is -0.143. The van der Waals surface area contributed by atoms with E-state index in [0.29, 0.717) is 11.3 Å². The van der Waals surface area contributed by atoms with Crippen molar-refractivity contribution >= 4 is 12.1 Å². The number of cyclic esters (lactones) is 1. The lowest BCUT2D eigenvalue weighted by Crippen LogP contribution is -2.45. The number of carbonyl (C=O) groups is 2. The molecule has 1 saturated heterocycles. The number of nitrogens with one attached hydrogen (secondary N) is 1. The van der Waals surface area contributed by atoms with E-state index in [1.807, 2.05) is 30.3 Å². The van der Waals surface area contributed by atoms with E-state index in [-0.39, 0.29) is 6.61 Å². The second-order valence-electron chi connectivity index (χ2n) is 5.80. The zero-order valence-electron chi connectivity index (χ0n) is 14.1. The van der Waals surface area contributed by atoms with Crippen LogP contribution in [-0.4, -0.2) is 36.4 Å². The van der Waals surface area contributed by atoms with Gasteiger partial charge in [0.05, 0.1) is 7.11 Å². The number of rotatable bonds is 5. The molecular formula is C19H19NO6. The van der Waals surface area contributed by atoms with Crippen LogP contribution < -0.4 is 10.1 Å². The number of amides is 1. The lowest BCUT2D eigenvalue weighted by Gasteiger charge is -2.16. The van der Waals surface area contributed by atoms with Gasteiger partial charge in [0.2, 0.25) is 0 Å². The molecule has 1 heterocycles. The highest BCUT2D eigenvalue weighted by Crippen LogP contribution is 2.31. The second-order valence-corrected chi connectivity index (χ2v) is 5.80. The Morgan fingerprint density at radius 1 is 1.15 bits per heavy atom. The Morgan fingerprint density at radius 2 is 1.85 bits per heavy atom. The number of benzene rings is 2. The molecule has 1 fully saturated rings. The van der Waals surface area contributed by atoms with Crippen LogP contribution >= 0.6 is 0 Å². The smallest absolute Gasteiger partial charge is 0.408 e. The Bertz CT molecular complexity index is 761. The molecule has 1 amide bonds. The molecule has 1 aliphatic rings. The van der Waals surface area contributed by atoms with Crippen molar-refractivity contribution in [3.63, 3.8) is 0 Å². The average molecular weight is 357 g/mol. The Kier molecular flexibility index (Phi) is 5.38. The van der Waals surface area contributed by atoms with Gasteiger partial charge < -0.3 is 24.6 Å². The monoisotopic (exact) mass is 357 g/mol. The molecule has 0 aromatic heterocycles. The van der Waals surface area contributed by atoms with Crippen molar-refractivity contribution < 1.29 is 28.9 Å². The van der Waals surface area contributed by atoms with Gasteiger partial charge in [-0.2, -0.15) is 0 Å². The van der Waals surface area contributed by atoms with E-state index in [2.05, 4.69) is 5.32 Å². The molecule has 1 aliphatic heterocycles. The maximum Gasteiger partial charge on any atom is 0.408 e. The summed E-state index contributed by atoms with van der Waals surface area (Å²) in [6, 6.07) is 14.7. The van der Waals surface area contributed by atoms with Crippen LogP contribution in [0.4, 0.5) is 4.79 Å². The zero-order chi connectivity index (χ0) is 18.5. The Balaban J connectivity index is 1.59. The summed E-state index contributed by atoms with van der Waals surface area (Å²) in [5.41, 5.74) is 1.42. The molecule has 0 saturated carbocycles. The summed E-state index contributed by atoms with van der Waals surface area (Å²) >= 11 is 0. The number of aliphatic hydroxyl groups excluding tert-OH is 1. The van der Waals surface area contributed by atoms with Crippen LogP contribution in [0.1, 0.15) is 17.2 Å². The maximum atomic E-state index is 12.0. The SMILES string of the molecule is COc1ccc([C@@H]2OC(=O)[C@@H](NC(=O)OCc3ccccc3)[C@@H]2O)cc1. The van der Waals surface area contributed by atoms with Crippen LogP contribution in [0, 0.1) is 0 Å². The van der Waals surface area contributed by atoms with Crippen LogP contribution in [0.15, 0.2) is 54.6 Å². The molecule has 0 aliphatic carbocycles. The van der Waals surface area contributed by atoms with Crippen molar-refractivity contribution in [1.82, 2.24) is 5.32 Å². The number of alkyl carbamates (subject to hydrolysis) is 1. The summed E-state index contributed by atoms with van der Waals surface area (Å²) in [7, 11) is 1.54. The molecule has 7 heteroatoms. The van der Waals surface area contributed by atoms with Gasteiger partial charge in [0.1, 0.15) is 18.5 Å². The summed E-state index contributed by atoms with van der Waals surface area (Å²) in [6.45, 7) is 0.0619. The standard InChI is InChI=1S/C19H19NO6/c1-24-14-9-7-13(8-10-14)17-16(21)15(18(22)26-17)20-19(23)25-11-12-5-3-2-4-6-12/h2-10,15-17,21H,11H2,1H3,(H,20,23)/t15-,16-,17-/m0/s1. The van der Waals surface area contributed by atoms with E-state index in [1.165, 1.54) is 0 Å². The normalized spacial score (nSPS) is 21.8. The van der Waals surface area contributed by atoms with Gasteiger partial charge in [0.15, 0.2) is 12.1 Å². The summed E-state index contributed by atoms with van der Waals surface area (Å²) in [5.74, 6) is -0.0679. The first-order valence-electron chi connectivity index (χ1n) is 8.08. The van der Waals surface area contributed by atoms with E-state index in [0.717, 1.165) is 5.56 Å². The number of methoxy groups -OCH3 is 1. The number of carbonyl (C=O) groups excluding carboxylic acids is 2. The summed E-state index contributed by atoms with van der Waals surface area (Å²) < 4.78 is 15.4. The lowest BCUT2D eigenvalue weighted by atomic mass is 10.0. The first-order valence-corrected chi connectivity index (χ1v) is 8.08. The quantitative estimate of drug-likeness (QED) is 0.795. The first kappa shape index (κ1) is 17.8. The number of hydrogen-bond donors (Lipinski definition) is 2. The molecule has 0 spiro atoms. The maximum absolute atomic E-state index is 12.0. The second kappa shape index (κ2) is 7.88. The number of ether oxygens (including phenoxy) is 3. The fourth-order valence-electron chi connectivity index (χ4n) is 2.68. The van der Waals surface area contributed by atoms with E-state index >= 15 is 0 Å². The minimum atomic E-state index is -1.22. The summed E-state index contributed by atoms with van der Waals surface area (Å²) in [6.07, 6.45) is -2.89. The number of aliphatic hydroxyl groups is 1. The van der Waals surface area contributed by atoms with E-state index in [4.69, 9.17) is 14.2 Å². The highest BCUT2D eigenvalue weighted by atomic mass is 16.6. The molecule has 0 radical (unpaired) electrons. The Hall–Kier alpha value is -3.06. The van der Waals surface area contributed by atoms with Gasteiger partial charge in [0.25, 0.3) is 0 Å². The highest BCUT2D eigenvalue weighted by molar-refractivity contribution is 5.84. The molecular weight excluding hydrogens is 338 g/mol. The van der Waals surface area contributed by atoms with Crippen LogP contribution in [0.25, 0.3) is 0 Å². The zero-order valence-corrected chi connectivity index (χ0v) is 14.1. The van der Waals surface area contributed by atoms with Crippen molar-refractivity contribution in [2.24, 2.45) is 0 Å². The fraction of sp³-hybridized carbons (Fsp3) is 0.263. The topological polar surface area (TPSA) is 94.1 Å². The van der Waals surface area contributed by atoms with Gasteiger partial charge >= 0.3 is 12.1 Å².